The summed E-state index contributed by atoms with van der Waals surface area (Å²) in [6.45, 7) is 3.95. The summed E-state index contributed by atoms with van der Waals surface area (Å²) >= 11 is 0.194. The summed E-state index contributed by atoms with van der Waals surface area (Å²) in [6.07, 6.45) is 0. The number of rotatable bonds is 4. The van der Waals surface area contributed by atoms with Crippen molar-refractivity contribution < 1.29 is 17.6 Å². The van der Waals surface area contributed by atoms with Gasteiger partial charge in [-0.2, -0.15) is 0 Å². The Morgan fingerprint density at radius 1 is 0.647 bits per heavy atom. The van der Waals surface area contributed by atoms with Crippen LogP contribution in [0, 0.1) is 0 Å². The van der Waals surface area contributed by atoms with Crippen molar-refractivity contribution in [1.29, 1.82) is 0 Å². The average molecular weight is 529 g/mol. The van der Waals surface area contributed by atoms with E-state index >= 15 is 0 Å². The normalized spacial score (nSPS) is 12.1. The maximum atomic E-state index is 6.11. The zero-order valence-electron chi connectivity index (χ0n) is 18.6. The van der Waals surface area contributed by atoms with Crippen LogP contribution in [0.15, 0.2) is 111 Å². The van der Waals surface area contributed by atoms with Gasteiger partial charge in [0, 0.05) is 10.8 Å². The summed E-state index contributed by atoms with van der Waals surface area (Å²) in [5.41, 5.74) is 3.55. The van der Waals surface area contributed by atoms with Crippen molar-refractivity contribution in [2.75, 3.05) is 0 Å². The predicted octanol–water partition coefficient (Wildman–Crippen LogP) is 9.24. The Morgan fingerprint density at radius 2 is 1.12 bits per heavy atom. The quantitative estimate of drug-likeness (QED) is 0.130. The monoisotopic (exact) mass is 528 g/mol. The number of halogens is 2. The van der Waals surface area contributed by atoms with Gasteiger partial charge < -0.3 is 4.42 Å². The molecule has 0 spiro atoms. The first kappa shape index (κ1) is 24.3. The van der Waals surface area contributed by atoms with Crippen molar-refractivity contribution in [2.45, 2.75) is 13.8 Å². The van der Waals surface area contributed by atoms with E-state index in [1.807, 2.05) is 56.3 Å². The van der Waals surface area contributed by atoms with Crippen LogP contribution in [0.1, 0.15) is 25.4 Å². The van der Waals surface area contributed by atoms with Crippen LogP contribution in [0.25, 0.3) is 21.5 Å². The molecule has 172 valence electrons. The molecule has 0 aliphatic rings. The summed E-state index contributed by atoms with van der Waals surface area (Å²) in [5.74, 6) is 1.49. The Bertz CT molecular complexity index is 1420. The van der Waals surface area contributed by atoms with Crippen molar-refractivity contribution in [3.63, 3.8) is 0 Å². The molecule has 6 heteroatoms. The van der Waals surface area contributed by atoms with Crippen LogP contribution >= 0.6 is 20.2 Å². The second-order valence-electron chi connectivity index (χ2n) is 7.61. The molecule has 0 N–H and O–H groups in total. The molecule has 3 nitrogen and oxygen atoms in total. The summed E-state index contributed by atoms with van der Waals surface area (Å²) < 4.78 is 6.11. The second-order valence-corrected chi connectivity index (χ2v) is 9.44. The van der Waals surface area contributed by atoms with Crippen molar-refractivity contribution in [2.24, 2.45) is 9.98 Å². The Morgan fingerprint density at radius 3 is 1.68 bits per heavy atom. The number of furan rings is 1. The second kappa shape index (κ2) is 11.5. The molecule has 0 atom stereocenters. The first-order valence-corrected chi connectivity index (χ1v) is 13.7. The summed E-state index contributed by atoms with van der Waals surface area (Å²) in [7, 11) is 9.53. The molecular weight excluding hydrogens is 507 g/mol. The molecule has 0 amide bonds. The maximum absolute atomic E-state index is 6.11. The molecule has 0 aliphatic heterocycles. The first-order valence-electron chi connectivity index (χ1n) is 10.6. The van der Waals surface area contributed by atoms with Crippen molar-refractivity contribution in [3.8, 4) is 0 Å². The van der Waals surface area contributed by atoms with E-state index in [9.17, 15) is 0 Å². The van der Waals surface area contributed by atoms with E-state index in [2.05, 4.69) is 59.6 Å². The molecule has 0 unspecified atom stereocenters. The predicted molar refractivity (Wildman–Crippen MR) is 142 cm³/mol. The van der Waals surface area contributed by atoms with Crippen LogP contribution in [0.2, 0.25) is 0 Å². The van der Waals surface area contributed by atoms with Crippen LogP contribution in [-0.2, 0) is 13.1 Å². The van der Waals surface area contributed by atoms with E-state index in [0.29, 0.717) is 0 Å². The van der Waals surface area contributed by atoms with Gasteiger partial charge in [0.2, 0.25) is 0 Å². The van der Waals surface area contributed by atoms with Crippen LogP contribution < -0.4 is 0 Å². The molecule has 1 aromatic heterocycles. The van der Waals surface area contributed by atoms with Crippen molar-refractivity contribution >= 4 is 64.5 Å². The topological polar surface area (TPSA) is 37.9 Å². The third kappa shape index (κ3) is 5.60. The number of para-hydroxylation sites is 1. The summed E-state index contributed by atoms with van der Waals surface area (Å²) in [4.78, 5) is 9.68. The third-order valence-electron chi connectivity index (χ3n) is 5.39. The molecule has 4 aromatic carbocycles. The number of fused-ring (bicyclic) bond motifs is 2. The molecular formula is C28H22Cl2FeN2O. The van der Waals surface area contributed by atoms with Gasteiger partial charge in [0.15, 0.2) is 0 Å². The molecule has 0 bridgehead atoms. The van der Waals surface area contributed by atoms with Crippen LogP contribution in [0.3, 0.4) is 0 Å². The molecule has 1 heterocycles. The van der Waals surface area contributed by atoms with Gasteiger partial charge in [0.25, 0.3) is 0 Å². The molecule has 0 saturated heterocycles. The molecule has 34 heavy (non-hydrogen) atoms. The minimum absolute atomic E-state index is 0.194. The number of hydrogen-bond donors (Lipinski definition) is 0. The van der Waals surface area contributed by atoms with E-state index in [-0.39, 0.29) is 13.1 Å². The van der Waals surface area contributed by atoms with Crippen LogP contribution in [0.4, 0.5) is 11.4 Å². The molecule has 0 fully saturated rings. The van der Waals surface area contributed by atoms with Gasteiger partial charge in [-0.15, -0.1) is 0 Å². The Kier molecular flexibility index (Phi) is 8.20. The molecule has 5 aromatic rings. The summed E-state index contributed by atoms with van der Waals surface area (Å²) in [5, 5.41) is 4.63. The fourth-order valence-electron chi connectivity index (χ4n) is 3.81. The zero-order valence-corrected chi connectivity index (χ0v) is 21.3. The van der Waals surface area contributed by atoms with Crippen LogP contribution in [0.5, 0.6) is 0 Å². The Balaban J connectivity index is 0.000000868. The molecule has 5 rings (SSSR count). The Hall–Kier alpha value is -2.88. The fourth-order valence-corrected chi connectivity index (χ4v) is 3.81. The van der Waals surface area contributed by atoms with Gasteiger partial charge in [-0.3, -0.25) is 0 Å². The number of hydrogen-bond acceptors (Lipinski definition) is 3. The zero-order chi connectivity index (χ0) is 23.9. The van der Waals surface area contributed by atoms with Gasteiger partial charge in [0.1, 0.15) is 11.5 Å². The van der Waals surface area contributed by atoms with E-state index in [1.54, 1.807) is 0 Å². The third-order valence-corrected chi connectivity index (χ3v) is 5.39. The molecule has 0 saturated carbocycles. The minimum atomic E-state index is 0.194. The van der Waals surface area contributed by atoms with E-state index in [0.717, 1.165) is 45.1 Å². The average Bonchev–Trinajstić information content (AvgIpc) is 3.36. The van der Waals surface area contributed by atoms with Crippen molar-refractivity contribution in [3.05, 3.63) is 109 Å². The molecule has 0 aliphatic carbocycles. The standard InChI is InChI=1S/C28H22N2O.2ClH.Fe/c1-19(29-23-12-4-3-5-13-23)26-16-17-27(31-26)20(2)30-28-24-14-8-6-10-21(24)18-22-11-7-9-15-25(22)28;;;/h3-18H,1-2H3;2*1H;/q;;;+2/p-2. The SMILES string of the molecule is CC(=Nc1ccccc1)c1ccc(C(C)=Nc2c3ccccc3cc3ccccc23)o1.[Cl][Fe][Cl]. The summed E-state index contributed by atoms with van der Waals surface area (Å²) in [6, 6.07) is 32.8. The Labute approximate surface area is 213 Å². The molecule has 0 radical (unpaired) electrons. The van der Waals surface area contributed by atoms with E-state index in [4.69, 9.17) is 29.6 Å². The number of nitrogens with zero attached hydrogens (tertiary/aromatic N) is 2. The number of aliphatic imine (C=N–C) groups is 2. The van der Waals surface area contributed by atoms with Gasteiger partial charge in [-0.25, -0.2) is 9.98 Å². The fraction of sp³-hybridized carbons (Fsp3) is 0.0714. The van der Waals surface area contributed by atoms with Crippen molar-refractivity contribution in [1.82, 2.24) is 0 Å². The van der Waals surface area contributed by atoms with Crippen LogP contribution in [-0.4, -0.2) is 11.4 Å². The number of benzene rings is 4. The van der Waals surface area contributed by atoms with Gasteiger partial charge >= 0.3 is 33.3 Å². The first-order chi connectivity index (χ1) is 16.6. The van der Waals surface area contributed by atoms with E-state index < -0.39 is 0 Å². The van der Waals surface area contributed by atoms with Gasteiger partial charge in [-0.05, 0) is 55.0 Å². The van der Waals surface area contributed by atoms with E-state index in [1.165, 1.54) is 10.8 Å². The van der Waals surface area contributed by atoms with Gasteiger partial charge in [-0.1, -0.05) is 66.7 Å². The van der Waals surface area contributed by atoms with Gasteiger partial charge in [0.05, 0.1) is 22.8 Å².